The normalized spacial score (nSPS) is 15.7. The summed E-state index contributed by atoms with van der Waals surface area (Å²) in [6.45, 7) is 1.19. The summed E-state index contributed by atoms with van der Waals surface area (Å²) in [5.41, 5.74) is 2.77. The largest absolute Gasteiger partial charge is 0.497 e. The van der Waals surface area contributed by atoms with Gasteiger partial charge in [-0.25, -0.2) is 4.99 Å². The molecule has 0 atom stereocenters. The molecule has 0 radical (unpaired) electrons. The summed E-state index contributed by atoms with van der Waals surface area (Å²) < 4.78 is 5.28. The predicted molar refractivity (Wildman–Crippen MR) is 129 cm³/mol. The number of amides is 1. The summed E-state index contributed by atoms with van der Waals surface area (Å²) in [5, 5.41) is 0. The molecule has 0 bridgehead atoms. The summed E-state index contributed by atoms with van der Waals surface area (Å²) in [6.07, 6.45) is 0.533. The first-order chi connectivity index (χ1) is 15.7. The van der Waals surface area contributed by atoms with Gasteiger partial charge in [-0.05, 0) is 42.0 Å². The molecular weight excluding hydrogens is 418 g/mol. The van der Waals surface area contributed by atoms with Crippen molar-refractivity contribution >= 4 is 29.1 Å². The second-order valence-electron chi connectivity index (χ2n) is 7.65. The molecule has 0 saturated heterocycles. The van der Waals surface area contributed by atoms with Gasteiger partial charge in [0.15, 0.2) is 0 Å². The molecule has 160 valence electrons. The Morgan fingerprint density at radius 2 is 1.62 bits per heavy atom. The van der Waals surface area contributed by atoms with E-state index in [-0.39, 0.29) is 5.91 Å². The molecule has 1 amide bonds. The van der Waals surface area contributed by atoms with Crippen LogP contribution < -0.4 is 9.64 Å². The number of nitrogens with zero attached hydrogens (tertiary/aromatic N) is 3. The summed E-state index contributed by atoms with van der Waals surface area (Å²) in [5.74, 6) is 1.58. The number of methoxy groups -OCH3 is 1. The molecule has 32 heavy (non-hydrogen) atoms. The number of fused-ring (bicyclic) bond motifs is 1. The number of carbonyl (C=O) groups excluding carboxylic acids is 1. The summed E-state index contributed by atoms with van der Waals surface area (Å²) in [7, 11) is 1.66. The fraction of sp³-hybridized carbons (Fsp3) is 0.154. The van der Waals surface area contributed by atoms with Crippen LogP contribution in [0.25, 0.3) is 0 Å². The second kappa shape index (κ2) is 8.93. The minimum absolute atomic E-state index is 0.0164. The molecule has 0 spiro atoms. The maximum absolute atomic E-state index is 13.3. The topological polar surface area (TPSA) is 45.1 Å². The SMILES string of the molecule is COc1ccc(SC2=C3N=C(Cc4ccccc4)C(=O)N3CN(c3ccccc3)C2)cc1. The number of ether oxygens (including phenoxy) is 1. The van der Waals surface area contributed by atoms with Crippen molar-refractivity contribution in [3.8, 4) is 5.75 Å². The van der Waals surface area contributed by atoms with Crippen LogP contribution in [0.2, 0.25) is 0 Å². The van der Waals surface area contributed by atoms with E-state index in [2.05, 4.69) is 17.0 Å². The molecule has 0 aliphatic carbocycles. The number of anilines is 1. The van der Waals surface area contributed by atoms with Crippen molar-refractivity contribution in [1.82, 2.24) is 4.90 Å². The molecule has 0 N–H and O–H groups in total. The Hall–Kier alpha value is -3.51. The molecule has 0 saturated carbocycles. The van der Waals surface area contributed by atoms with Crippen LogP contribution in [0.3, 0.4) is 0 Å². The van der Waals surface area contributed by atoms with Crippen LogP contribution in [0.5, 0.6) is 5.75 Å². The van der Waals surface area contributed by atoms with E-state index in [1.807, 2.05) is 72.8 Å². The van der Waals surface area contributed by atoms with Crippen molar-refractivity contribution in [2.45, 2.75) is 11.3 Å². The van der Waals surface area contributed by atoms with Crippen LogP contribution in [0.15, 0.2) is 106 Å². The van der Waals surface area contributed by atoms with Crippen molar-refractivity contribution < 1.29 is 9.53 Å². The molecular formula is C26H23N3O2S. The lowest BCUT2D eigenvalue weighted by atomic mass is 10.1. The molecule has 2 aliphatic heterocycles. The van der Waals surface area contributed by atoms with Gasteiger partial charge in [0.05, 0.1) is 18.6 Å². The lowest BCUT2D eigenvalue weighted by Crippen LogP contribution is -2.45. The highest BCUT2D eigenvalue weighted by Crippen LogP contribution is 2.38. The van der Waals surface area contributed by atoms with Gasteiger partial charge < -0.3 is 9.64 Å². The average Bonchev–Trinajstić information content (AvgIpc) is 3.16. The first-order valence-electron chi connectivity index (χ1n) is 10.5. The van der Waals surface area contributed by atoms with E-state index in [4.69, 9.17) is 9.73 Å². The monoisotopic (exact) mass is 441 g/mol. The number of rotatable bonds is 6. The minimum atomic E-state index is -0.0164. The van der Waals surface area contributed by atoms with Gasteiger partial charge in [-0.2, -0.15) is 0 Å². The molecule has 2 heterocycles. The quantitative estimate of drug-likeness (QED) is 0.542. The third kappa shape index (κ3) is 4.14. The van der Waals surface area contributed by atoms with Crippen LogP contribution in [0, 0.1) is 0 Å². The Bertz CT molecular complexity index is 1170. The van der Waals surface area contributed by atoms with E-state index in [0.717, 1.165) is 32.6 Å². The number of aliphatic imine (C=N–C) groups is 1. The van der Waals surface area contributed by atoms with E-state index in [9.17, 15) is 4.79 Å². The van der Waals surface area contributed by atoms with E-state index >= 15 is 0 Å². The van der Waals surface area contributed by atoms with Crippen LogP contribution in [-0.2, 0) is 11.2 Å². The lowest BCUT2D eigenvalue weighted by Gasteiger charge is -2.35. The third-order valence-electron chi connectivity index (χ3n) is 5.52. The average molecular weight is 442 g/mol. The van der Waals surface area contributed by atoms with Gasteiger partial charge in [0.2, 0.25) is 0 Å². The van der Waals surface area contributed by atoms with Gasteiger partial charge in [-0.1, -0.05) is 60.3 Å². The molecule has 2 aliphatic rings. The van der Waals surface area contributed by atoms with Gasteiger partial charge in [0.25, 0.3) is 5.91 Å². The third-order valence-corrected chi connectivity index (χ3v) is 6.59. The molecule has 0 aromatic heterocycles. The van der Waals surface area contributed by atoms with Gasteiger partial charge in [-0.15, -0.1) is 0 Å². The fourth-order valence-electron chi connectivity index (χ4n) is 3.88. The number of hydrogen-bond acceptors (Lipinski definition) is 5. The lowest BCUT2D eigenvalue weighted by molar-refractivity contribution is -0.121. The Labute approximate surface area is 192 Å². The molecule has 5 nitrogen and oxygen atoms in total. The molecule has 5 rings (SSSR count). The molecule has 3 aromatic carbocycles. The Kier molecular flexibility index (Phi) is 5.69. The van der Waals surface area contributed by atoms with Gasteiger partial charge in [0.1, 0.15) is 24.0 Å². The zero-order chi connectivity index (χ0) is 21.9. The van der Waals surface area contributed by atoms with Crippen molar-refractivity contribution in [2.24, 2.45) is 4.99 Å². The number of carbonyl (C=O) groups is 1. The van der Waals surface area contributed by atoms with Gasteiger partial charge in [0, 0.05) is 17.0 Å². The number of thioether (sulfide) groups is 1. The molecule has 0 fully saturated rings. The van der Waals surface area contributed by atoms with E-state index in [0.29, 0.717) is 25.3 Å². The highest BCUT2D eigenvalue weighted by Gasteiger charge is 2.37. The maximum Gasteiger partial charge on any atom is 0.275 e. The van der Waals surface area contributed by atoms with Gasteiger partial charge in [-0.3, -0.25) is 9.69 Å². The second-order valence-corrected chi connectivity index (χ2v) is 8.82. The minimum Gasteiger partial charge on any atom is -0.497 e. The molecule has 0 unspecified atom stereocenters. The van der Waals surface area contributed by atoms with Crippen LogP contribution in [-0.4, -0.2) is 36.8 Å². The summed E-state index contributed by atoms with van der Waals surface area (Å²) in [6, 6.07) is 28.2. The Morgan fingerprint density at radius 3 is 2.31 bits per heavy atom. The van der Waals surface area contributed by atoms with E-state index in [1.165, 1.54) is 0 Å². The molecule has 6 heteroatoms. The Morgan fingerprint density at radius 1 is 0.938 bits per heavy atom. The highest BCUT2D eigenvalue weighted by atomic mass is 32.2. The summed E-state index contributed by atoms with van der Waals surface area (Å²) in [4.78, 5) is 24.3. The fourth-order valence-corrected chi connectivity index (χ4v) is 4.90. The predicted octanol–water partition coefficient (Wildman–Crippen LogP) is 4.96. The van der Waals surface area contributed by atoms with Crippen molar-refractivity contribution in [3.05, 3.63) is 101 Å². The standard InChI is InChI=1S/C26H23N3O2S/c1-31-21-12-14-22(15-13-21)32-24-17-28(20-10-6-3-7-11-20)18-29-25(24)27-23(26(29)30)16-19-8-4-2-5-9-19/h2-15H,16-18H2,1H3. The van der Waals surface area contributed by atoms with Gasteiger partial charge >= 0.3 is 0 Å². The van der Waals surface area contributed by atoms with Crippen LogP contribution in [0.4, 0.5) is 5.69 Å². The Balaban J connectivity index is 1.48. The van der Waals surface area contributed by atoms with E-state index in [1.54, 1.807) is 23.8 Å². The number of benzene rings is 3. The number of hydrogen-bond donors (Lipinski definition) is 0. The maximum atomic E-state index is 13.3. The smallest absolute Gasteiger partial charge is 0.275 e. The zero-order valence-corrected chi connectivity index (χ0v) is 18.6. The van der Waals surface area contributed by atoms with E-state index < -0.39 is 0 Å². The zero-order valence-electron chi connectivity index (χ0n) is 17.8. The van der Waals surface area contributed by atoms with Crippen molar-refractivity contribution in [1.29, 1.82) is 0 Å². The van der Waals surface area contributed by atoms with Crippen LogP contribution in [0.1, 0.15) is 5.56 Å². The first kappa shape index (κ1) is 20.4. The van der Waals surface area contributed by atoms with Crippen molar-refractivity contribution in [3.63, 3.8) is 0 Å². The first-order valence-corrected chi connectivity index (χ1v) is 11.3. The molecule has 3 aromatic rings. The van der Waals surface area contributed by atoms with Crippen LogP contribution >= 0.6 is 11.8 Å². The number of para-hydroxylation sites is 1. The highest BCUT2D eigenvalue weighted by molar-refractivity contribution is 8.03. The van der Waals surface area contributed by atoms with Crippen molar-refractivity contribution in [2.75, 3.05) is 25.2 Å². The summed E-state index contributed by atoms with van der Waals surface area (Å²) >= 11 is 1.65.